The Morgan fingerprint density at radius 2 is 2.00 bits per heavy atom. The normalized spacial score (nSPS) is 22.7. The van der Waals surface area contributed by atoms with Crippen molar-refractivity contribution in [3.05, 3.63) is 42.0 Å². The van der Waals surface area contributed by atoms with Gasteiger partial charge in [-0.2, -0.15) is 10.4 Å². The third-order valence-corrected chi connectivity index (χ3v) is 4.67. The summed E-state index contributed by atoms with van der Waals surface area (Å²) in [7, 11) is -3.90. The second-order valence-electron chi connectivity index (χ2n) is 3.95. The van der Waals surface area contributed by atoms with Gasteiger partial charge in [-0.3, -0.25) is 0 Å². The Bertz CT molecular complexity index is 640. The Labute approximate surface area is 105 Å². The molecule has 0 fully saturated rings. The Hall–Kier alpha value is -2.00. The van der Waals surface area contributed by atoms with Gasteiger partial charge in [-0.05, 0) is 25.1 Å². The molecule has 1 aromatic carbocycles. The summed E-state index contributed by atoms with van der Waals surface area (Å²) in [5.74, 6) is 0. The number of aryl methyl sites for hydroxylation is 1. The molecular formula is C12H11N3O2S. The fraction of sp³-hybridized carbons (Fsp3) is 0.250. The van der Waals surface area contributed by atoms with E-state index in [1.165, 1.54) is 24.3 Å². The highest BCUT2D eigenvalue weighted by atomic mass is 32.2. The van der Waals surface area contributed by atoms with Crippen molar-refractivity contribution in [1.29, 1.82) is 5.26 Å². The lowest BCUT2D eigenvalue weighted by Crippen LogP contribution is -2.34. The molecule has 1 aliphatic rings. The Kier molecular flexibility index (Phi) is 3.01. The number of nitrogens with zero attached hydrogens (tertiary/aromatic N) is 3. The molecule has 18 heavy (non-hydrogen) atoms. The lowest BCUT2D eigenvalue weighted by atomic mass is 10.2. The van der Waals surface area contributed by atoms with Crippen LogP contribution in [0.2, 0.25) is 0 Å². The molecule has 1 heterocycles. The largest absolute Gasteiger partial charge is 0.288 e. The predicted octanol–water partition coefficient (Wildman–Crippen LogP) is 2.01. The highest BCUT2D eigenvalue weighted by molar-refractivity contribution is 7.93. The van der Waals surface area contributed by atoms with Crippen LogP contribution in [0, 0.1) is 18.3 Å². The molecule has 0 radical (unpaired) electrons. The van der Waals surface area contributed by atoms with E-state index in [0.717, 1.165) is 5.56 Å². The van der Waals surface area contributed by atoms with Gasteiger partial charge < -0.3 is 0 Å². The predicted molar refractivity (Wildman–Crippen MR) is 65.6 cm³/mol. The molecule has 0 bridgehead atoms. The van der Waals surface area contributed by atoms with Crippen LogP contribution in [0.3, 0.4) is 0 Å². The fourth-order valence-corrected chi connectivity index (χ4v) is 3.01. The molecule has 0 saturated heterocycles. The van der Waals surface area contributed by atoms with Gasteiger partial charge >= 0.3 is 0 Å². The molecule has 0 N–H and O–H groups in total. The quantitative estimate of drug-likeness (QED) is 0.763. The van der Waals surface area contributed by atoms with E-state index in [1.54, 1.807) is 18.2 Å². The molecule has 1 aromatic rings. The number of hydrogen-bond donors (Lipinski definition) is 0. The van der Waals surface area contributed by atoms with Gasteiger partial charge in [0.25, 0.3) is 4.87 Å². The van der Waals surface area contributed by atoms with Crippen molar-refractivity contribution in [3.63, 3.8) is 0 Å². The standard InChI is InChI=1S/C12H11N3O2S/c1-10-3-5-11(6-4-10)18(16,17)12(9-13)7-2-8-14-15-12/h2-7H,8H2,1H3. The molecule has 1 atom stereocenters. The van der Waals surface area contributed by atoms with Gasteiger partial charge in [0, 0.05) is 0 Å². The van der Waals surface area contributed by atoms with E-state index in [4.69, 9.17) is 5.26 Å². The van der Waals surface area contributed by atoms with Crippen LogP contribution >= 0.6 is 0 Å². The van der Waals surface area contributed by atoms with Crippen molar-refractivity contribution in [2.75, 3.05) is 6.54 Å². The van der Waals surface area contributed by atoms with Gasteiger partial charge in [0.2, 0.25) is 9.84 Å². The minimum absolute atomic E-state index is 0.0696. The van der Waals surface area contributed by atoms with Gasteiger partial charge in [0.15, 0.2) is 0 Å². The van der Waals surface area contributed by atoms with Gasteiger partial charge in [-0.25, -0.2) is 8.42 Å². The third kappa shape index (κ3) is 1.83. The second-order valence-corrected chi connectivity index (χ2v) is 6.05. The Balaban J connectivity index is 2.58. The Morgan fingerprint density at radius 3 is 2.50 bits per heavy atom. The first-order valence-electron chi connectivity index (χ1n) is 5.31. The zero-order valence-corrected chi connectivity index (χ0v) is 10.6. The summed E-state index contributed by atoms with van der Waals surface area (Å²) in [5.41, 5.74) is 0.945. The van der Waals surface area contributed by atoms with Gasteiger partial charge in [-0.15, -0.1) is 5.11 Å². The van der Waals surface area contributed by atoms with E-state index in [2.05, 4.69) is 10.2 Å². The maximum absolute atomic E-state index is 12.4. The molecule has 6 heteroatoms. The number of sulfone groups is 1. The van der Waals surface area contributed by atoms with Crippen molar-refractivity contribution in [2.45, 2.75) is 16.7 Å². The van der Waals surface area contributed by atoms with Crippen molar-refractivity contribution >= 4 is 9.84 Å². The van der Waals surface area contributed by atoms with E-state index in [-0.39, 0.29) is 4.90 Å². The number of hydrogen-bond acceptors (Lipinski definition) is 5. The van der Waals surface area contributed by atoms with E-state index in [9.17, 15) is 8.42 Å². The van der Waals surface area contributed by atoms with Crippen molar-refractivity contribution in [2.24, 2.45) is 10.2 Å². The minimum atomic E-state index is -3.90. The topological polar surface area (TPSA) is 82.6 Å². The number of benzene rings is 1. The lowest BCUT2D eigenvalue weighted by Gasteiger charge is -2.19. The number of azo groups is 1. The van der Waals surface area contributed by atoms with Crippen LogP contribution in [0.25, 0.3) is 0 Å². The summed E-state index contributed by atoms with van der Waals surface area (Å²) >= 11 is 0. The smallest absolute Gasteiger partial charge is 0.220 e. The maximum atomic E-state index is 12.4. The lowest BCUT2D eigenvalue weighted by molar-refractivity contribution is 0.571. The van der Waals surface area contributed by atoms with E-state index >= 15 is 0 Å². The first-order chi connectivity index (χ1) is 8.52. The monoisotopic (exact) mass is 261 g/mol. The van der Waals surface area contributed by atoms with Gasteiger partial charge in [-0.1, -0.05) is 23.8 Å². The summed E-state index contributed by atoms with van der Waals surface area (Å²) in [4.78, 5) is -1.86. The summed E-state index contributed by atoms with van der Waals surface area (Å²) in [5, 5.41) is 16.4. The second kappa shape index (κ2) is 4.35. The molecule has 0 amide bonds. The van der Waals surface area contributed by atoms with Crippen LogP contribution in [-0.2, 0) is 9.84 Å². The van der Waals surface area contributed by atoms with Crippen LogP contribution < -0.4 is 0 Å². The number of rotatable bonds is 2. The molecule has 2 rings (SSSR count). The van der Waals surface area contributed by atoms with Gasteiger partial charge in [0.05, 0.1) is 11.4 Å². The molecule has 0 aromatic heterocycles. The highest BCUT2D eigenvalue weighted by Gasteiger charge is 2.44. The summed E-state index contributed by atoms with van der Waals surface area (Å²) < 4.78 is 24.8. The van der Waals surface area contributed by atoms with Crippen LogP contribution in [0.4, 0.5) is 0 Å². The molecular weight excluding hydrogens is 250 g/mol. The zero-order chi connectivity index (χ0) is 13.2. The average molecular weight is 261 g/mol. The molecule has 92 valence electrons. The summed E-state index contributed by atoms with van der Waals surface area (Å²) in [6.45, 7) is 2.16. The molecule has 0 saturated carbocycles. The van der Waals surface area contributed by atoms with E-state index in [0.29, 0.717) is 6.54 Å². The van der Waals surface area contributed by atoms with Crippen LogP contribution in [0.5, 0.6) is 0 Å². The minimum Gasteiger partial charge on any atom is -0.220 e. The average Bonchev–Trinajstić information content (AvgIpc) is 2.40. The first kappa shape index (κ1) is 12.5. The molecule has 0 spiro atoms. The van der Waals surface area contributed by atoms with Crippen molar-refractivity contribution in [3.8, 4) is 6.07 Å². The highest BCUT2D eigenvalue weighted by Crippen LogP contribution is 2.30. The molecule has 0 aliphatic carbocycles. The van der Waals surface area contributed by atoms with Crippen LogP contribution in [-0.4, -0.2) is 19.8 Å². The van der Waals surface area contributed by atoms with Crippen LogP contribution in [0.1, 0.15) is 5.56 Å². The summed E-state index contributed by atoms with van der Waals surface area (Å²) in [6.07, 6.45) is 2.82. The third-order valence-electron chi connectivity index (χ3n) is 2.65. The fourth-order valence-electron chi connectivity index (χ4n) is 1.60. The zero-order valence-electron chi connectivity index (χ0n) is 9.74. The SMILES string of the molecule is Cc1ccc(S(=O)(=O)C2(C#N)C=CCN=N2)cc1. The molecule has 5 nitrogen and oxygen atoms in total. The van der Waals surface area contributed by atoms with Crippen LogP contribution in [0.15, 0.2) is 51.5 Å². The Morgan fingerprint density at radius 1 is 1.33 bits per heavy atom. The number of nitriles is 1. The van der Waals surface area contributed by atoms with E-state index in [1.807, 2.05) is 6.92 Å². The van der Waals surface area contributed by atoms with Gasteiger partial charge in [0.1, 0.15) is 6.07 Å². The van der Waals surface area contributed by atoms with Crippen molar-refractivity contribution in [1.82, 2.24) is 0 Å². The first-order valence-corrected chi connectivity index (χ1v) is 6.79. The molecule has 1 unspecified atom stereocenters. The van der Waals surface area contributed by atoms with E-state index < -0.39 is 14.7 Å². The molecule has 1 aliphatic heterocycles. The maximum Gasteiger partial charge on any atom is 0.288 e. The summed E-state index contributed by atoms with van der Waals surface area (Å²) in [6, 6.07) is 8.05. The van der Waals surface area contributed by atoms with Crippen molar-refractivity contribution < 1.29 is 8.42 Å².